The zero-order valence-corrected chi connectivity index (χ0v) is 14.4. The fourth-order valence-electron chi connectivity index (χ4n) is 3.05. The largest absolute Gasteiger partial charge is 0.361 e. The molecule has 4 rings (SSSR count). The minimum atomic E-state index is -0.304. The number of fused-ring (bicyclic) bond motifs is 1. The molecule has 1 N–H and O–H groups in total. The Kier molecular flexibility index (Phi) is 3.48. The van der Waals surface area contributed by atoms with E-state index in [1.165, 1.54) is 4.90 Å². The van der Waals surface area contributed by atoms with Crippen LogP contribution in [0.1, 0.15) is 46.3 Å². The van der Waals surface area contributed by atoms with E-state index in [4.69, 9.17) is 4.52 Å². The summed E-state index contributed by atoms with van der Waals surface area (Å²) in [6.07, 6.45) is 2.14. The number of nitrogens with zero attached hydrogens (tertiary/aromatic N) is 4. The normalized spacial score (nSPS) is 14.2. The lowest BCUT2D eigenvalue weighted by molar-refractivity contribution is 0.0784. The van der Waals surface area contributed by atoms with Gasteiger partial charge in [-0.1, -0.05) is 5.16 Å². The summed E-state index contributed by atoms with van der Waals surface area (Å²) in [5.41, 5.74) is 2.14. The van der Waals surface area contributed by atoms with Gasteiger partial charge in [0.1, 0.15) is 11.5 Å². The van der Waals surface area contributed by atoms with Crippen LogP contribution in [0.2, 0.25) is 0 Å². The van der Waals surface area contributed by atoms with Crippen LogP contribution in [0, 0.1) is 6.92 Å². The van der Waals surface area contributed by atoms with E-state index in [1.54, 1.807) is 37.8 Å². The van der Waals surface area contributed by atoms with Gasteiger partial charge in [-0.05, 0) is 25.8 Å². The van der Waals surface area contributed by atoms with E-state index >= 15 is 0 Å². The second-order valence-corrected chi connectivity index (χ2v) is 6.66. The molecule has 0 saturated heterocycles. The Morgan fingerprint density at radius 2 is 2.20 bits per heavy atom. The topological polar surface area (TPSA) is 97.0 Å². The Balaban J connectivity index is 1.76. The van der Waals surface area contributed by atoms with Gasteiger partial charge in [-0.25, -0.2) is 4.98 Å². The predicted molar refractivity (Wildman–Crippen MR) is 90.3 cm³/mol. The molecule has 0 aromatic carbocycles. The maximum absolute atomic E-state index is 13.0. The van der Waals surface area contributed by atoms with Gasteiger partial charge in [-0.3, -0.25) is 19.4 Å². The molecule has 1 aliphatic rings. The molecule has 0 unspecified atom stereocenters. The van der Waals surface area contributed by atoms with Gasteiger partial charge in [0.2, 0.25) is 0 Å². The van der Waals surface area contributed by atoms with Gasteiger partial charge < -0.3 is 9.42 Å². The van der Waals surface area contributed by atoms with Gasteiger partial charge in [-0.2, -0.15) is 0 Å². The molecule has 1 saturated carbocycles. The van der Waals surface area contributed by atoms with Crippen molar-refractivity contribution in [3.05, 3.63) is 45.2 Å². The summed E-state index contributed by atoms with van der Waals surface area (Å²) in [5, 5.41) is 6.94. The van der Waals surface area contributed by atoms with Crippen LogP contribution < -0.4 is 5.56 Å². The zero-order chi connectivity index (χ0) is 17.7. The SMILES string of the molecule is Cc1cc(CN(C)C(=O)c2cc(C3CC3)nc3c2c(=O)[nH]n3C)no1. The van der Waals surface area contributed by atoms with E-state index in [1.807, 2.05) is 0 Å². The number of hydrogen-bond acceptors (Lipinski definition) is 5. The average Bonchev–Trinajstić information content (AvgIpc) is 3.29. The first kappa shape index (κ1) is 15.6. The fourth-order valence-corrected chi connectivity index (χ4v) is 3.05. The Hall–Kier alpha value is -2.90. The van der Waals surface area contributed by atoms with E-state index in [9.17, 15) is 9.59 Å². The maximum atomic E-state index is 13.0. The van der Waals surface area contributed by atoms with Gasteiger partial charge in [-0.15, -0.1) is 0 Å². The fraction of sp³-hybridized carbons (Fsp3) is 0.412. The Labute approximate surface area is 143 Å². The molecule has 8 heteroatoms. The molecule has 0 atom stereocenters. The molecule has 25 heavy (non-hydrogen) atoms. The Morgan fingerprint density at radius 3 is 2.84 bits per heavy atom. The highest BCUT2D eigenvalue weighted by Crippen LogP contribution is 2.40. The molecule has 0 radical (unpaired) electrons. The lowest BCUT2D eigenvalue weighted by Gasteiger charge is -2.16. The third-order valence-electron chi connectivity index (χ3n) is 4.48. The molecule has 8 nitrogen and oxygen atoms in total. The third kappa shape index (κ3) is 2.73. The number of nitrogens with one attached hydrogen (secondary N) is 1. The van der Waals surface area contributed by atoms with Crippen molar-refractivity contribution in [1.82, 2.24) is 24.8 Å². The van der Waals surface area contributed by atoms with Crippen LogP contribution in [0.25, 0.3) is 11.0 Å². The van der Waals surface area contributed by atoms with Gasteiger partial charge in [0.05, 0.1) is 17.5 Å². The third-order valence-corrected chi connectivity index (χ3v) is 4.48. The second-order valence-electron chi connectivity index (χ2n) is 6.66. The van der Waals surface area contributed by atoms with Crippen LogP contribution in [-0.2, 0) is 13.6 Å². The number of amides is 1. The van der Waals surface area contributed by atoms with E-state index in [0.717, 1.165) is 18.5 Å². The van der Waals surface area contributed by atoms with Crippen LogP contribution in [0.3, 0.4) is 0 Å². The highest BCUT2D eigenvalue weighted by Gasteiger charge is 2.29. The minimum absolute atomic E-state index is 0.230. The van der Waals surface area contributed by atoms with Crippen molar-refractivity contribution in [3.63, 3.8) is 0 Å². The lowest BCUT2D eigenvalue weighted by atomic mass is 10.1. The number of hydrogen-bond donors (Lipinski definition) is 1. The molecule has 3 aromatic heterocycles. The van der Waals surface area contributed by atoms with Crippen LogP contribution in [0.15, 0.2) is 21.5 Å². The number of aromatic nitrogens is 4. The second kappa shape index (κ2) is 5.58. The van der Waals surface area contributed by atoms with E-state index in [0.29, 0.717) is 40.5 Å². The molecule has 0 spiro atoms. The molecule has 3 heterocycles. The van der Waals surface area contributed by atoms with Crippen LogP contribution in [-0.4, -0.2) is 37.8 Å². The minimum Gasteiger partial charge on any atom is -0.361 e. The number of carbonyl (C=O) groups is 1. The molecule has 3 aromatic rings. The van der Waals surface area contributed by atoms with Crippen molar-refractivity contribution >= 4 is 16.9 Å². The Morgan fingerprint density at radius 1 is 1.44 bits per heavy atom. The molecule has 0 bridgehead atoms. The van der Waals surface area contributed by atoms with Gasteiger partial charge in [0.25, 0.3) is 11.5 Å². The molecule has 1 fully saturated rings. The highest BCUT2D eigenvalue weighted by atomic mass is 16.5. The van der Waals surface area contributed by atoms with Crippen LogP contribution in [0.4, 0.5) is 0 Å². The standard InChI is InChI=1S/C17H19N5O3/c1-9-6-11(20-25-9)8-21(2)17(24)12-7-13(10-4-5-10)18-15-14(12)16(23)19-22(15)3/h6-7,10H,4-5,8H2,1-3H3,(H,19,23). The molecule has 0 aliphatic heterocycles. The number of carbonyl (C=O) groups excluding carboxylic acids is 1. The smallest absolute Gasteiger partial charge is 0.274 e. The van der Waals surface area contributed by atoms with Crippen molar-refractivity contribution in [2.75, 3.05) is 7.05 Å². The summed E-state index contributed by atoms with van der Waals surface area (Å²) in [7, 11) is 3.41. The molecular formula is C17H19N5O3. The van der Waals surface area contributed by atoms with E-state index in [-0.39, 0.29) is 11.5 Å². The molecule has 130 valence electrons. The van der Waals surface area contributed by atoms with E-state index < -0.39 is 0 Å². The summed E-state index contributed by atoms with van der Waals surface area (Å²) in [6, 6.07) is 3.55. The lowest BCUT2D eigenvalue weighted by Crippen LogP contribution is -2.27. The number of aryl methyl sites for hydroxylation is 2. The van der Waals surface area contributed by atoms with Crippen molar-refractivity contribution in [2.24, 2.45) is 7.05 Å². The summed E-state index contributed by atoms with van der Waals surface area (Å²) >= 11 is 0. The summed E-state index contributed by atoms with van der Waals surface area (Å²) < 4.78 is 6.62. The average molecular weight is 341 g/mol. The number of aromatic amines is 1. The predicted octanol–water partition coefficient (Wildman–Crippen LogP) is 1.71. The summed E-state index contributed by atoms with van der Waals surface area (Å²) in [4.78, 5) is 31.4. The van der Waals surface area contributed by atoms with Crippen molar-refractivity contribution in [2.45, 2.75) is 32.2 Å². The monoisotopic (exact) mass is 341 g/mol. The number of pyridine rings is 1. The molecule has 1 amide bonds. The van der Waals surface area contributed by atoms with Crippen molar-refractivity contribution in [1.29, 1.82) is 0 Å². The molecule has 1 aliphatic carbocycles. The first-order valence-corrected chi connectivity index (χ1v) is 8.21. The molecular weight excluding hydrogens is 322 g/mol. The van der Waals surface area contributed by atoms with Crippen molar-refractivity contribution < 1.29 is 9.32 Å². The number of rotatable bonds is 4. The van der Waals surface area contributed by atoms with Crippen LogP contribution >= 0.6 is 0 Å². The maximum Gasteiger partial charge on any atom is 0.274 e. The van der Waals surface area contributed by atoms with Gasteiger partial charge in [0, 0.05) is 31.8 Å². The van der Waals surface area contributed by atoms with Gasteiger partial charge in [0.15, 0.2) is 5.65 Å². The highest BCUT2D eigenvalue weighted by molar-refractivity contribution is 6.05. The van der Waals surface area contributed by atoms with Gasteiger partial charge >= 0.3 is 0 Å². The Bertz CT molecular complexity index is 1020. The first-order valence-electron chi connectivity index (χ1n) is 8.21. The van der Waals surface area contributed by atoms with E-state index in [2.05, 4.69) is 15.2 Å². The first-order chi connectivity index (χ1) is 11.9. The quantitative estimate of drug-likeness (QED) is 0.779. The van der Waals surface area contributed by atoms with Crippen molar-refractivity contribution in [3.8, 4) is 0 Å². The number of H-pyrrole nitrogens is 1. The zero-order valence-electron chi connectivity index (χ0n) is 14.4. The van der Waals surface area contributed by atoms with Crippen LogP contribution in [0.5, 0.6) is 0 Å². The summed E-state index contributed by atoms with van der Waals surface area (Å²) in [6.45, 7) is 2.11. The summed E-state index contributed by atoms with van der Waals surface area (Å²) in [5.74, 6) is 0.841.